The van der Waals surface area contributed by atoms with Crippen LogP contribution in [0.15, 0.2) is 12.1 Å². The zero-order valence-electron chi connectivity index (χ0n) is 15.5. The highest BCUT2D eigenvalue weighted by atomic mass is 16.5. The first-order valence-electron chi connectivity index (χ1n) is 8.97. The van der Waals surface area contributed by atoms with Crippen molar-refractivity contribution in [3.8, 4) is 5.75 Å². The highest BCUT2D eigenvalue weighted by Crippen LogP contribution is 2.25. The topological polar surface area (TPSA) is 70.7 Å². The van der Waals surface area contributed by atoms with Gasteiger partial charge in [0, 0.05) is 31.7 Å². The van der Waals surface area contributed by atoms with E-state index >= 15 is 0 Å². The molecule has 0 radical (unpaired) electrons. The summed E-state index contributed by atoms with van der Waals surface area (Å²) in [6.45, 7) is 6.81. The second kappa shape index (κ2) is 9.42. The van der Waals surface area contributed by atoms with Crippen LogP contribution in [-0.2, 0) is 4.79 Å². The lowest BCUT2D eigenvalue weighted by atomic mass is 10.1. The molecule has 1 aliphatic heterocycles. The number of amides is 2. The predicted molar refractivity (Wildman–Crippen MR) is 98.1 cm³/mol. The zero-order chi connectivity index (χ0) is 18.2. The number of nitrogens with zero attached hydrogens (tertiary/aromatic N) is 1. The van der Waals surface area contributed by atoms with Crippen LogP contribution in [0.25, 0.3) is 0 Å². The normalized spacial score (nSPS) is 14.3. The van der Waals surface area contributed by atoms with Crippen molar-refractivity contribution in [3.63, 3.8) is 0 Å². The number of likely N-dealkylation sites (N-methyl/N-ethyl adjacent to an activating group) is 1. The molecule has 0 bridgehead atoms. The van der Waals surface area contributed by atoms with Crippen LogP contribution in [0.1, 0.15) is 40.7 Å². The molecule has 0 aromatic heterocycles. The first-order valence-corrected chi connectivity index (χ1v) is 8.97. The van der Waals surface area contributed by atoms with Gasteiger partial charge >= 0.3 is 0 Å². The third-order valence-corrected chi connectivity index (χ3v) is 4.43. The van der Waals surface area contributed by atoms with E-state index in [0.717, 1.165) is 43.6 Å². The Morgan fingerprint density at radius 3 is 2.32 bits per heavy atom. The van der Waals surface area contributed by atoms with E-state index in [-0.39, 0.29) is 18.4 Å². The Bertz CT molecular complexity index is 587. The maximum atomic E-state index is 12.2. The average Bonchev–Trinajstić information content (AvgIpc) is 2.61. The van der Waals surface area contributed by atoms with Crippen molar-refractivity contribution in [3.05, 3.63) is 28.8 Å². The monoisotopic (exact) mass is 347 g/mol. The molecule has 1 heterocycles. The number of rotatable bonds is 7. The maximum absolute atomic E-state index is 12.2. The van der Waals surface area contributed by atoms with Gasteiger partial charge in [-0.2, -0.15) is 0 Å². The van der Waals surface area contributed by atoms with E-state index in [1.807, 2.05) is 37.9 Å². The van der Waals surface area contributed by atoms with Gasteiger partial charge in [0.15, 0.2) is 6.61 Å². The molecule has 0 spiro atoms. The highest BCUT2D eigenvalue weighted by Gasteiger charge is 2.18. The second-order valence-corrected chi connectivity index (χ2v) is 6.53. The number of carbonyl (C=O) groups is 2. The lowest BCUT2D eigenvalue weighted by Gasteiger charge is -2.26. The summed E-state index contributed by atoms with van der Waals surface area (Å²) in [5, 5.41) is 5.85. The van der Waals surface area contributed by atoms with Crippen LogP contribution in [0.2, 0.25) is 0 Å². The maximum Gasteiger partial charge on any atom is 0.260 e. The first-order chi connectivity index (χ1) is 12.0. The molecule has 0 saturated carbocycles. The van der Waals surface area contributed by atoms with E-state index in [9.17, 15) is 9.59 Å². The molecule has 1 aromatic carbocycles. The Morgan fingerprint density at radius 1 is 1.08 bits per heavy atom. The number of hydrogen-bond acceptors (Lipinski definition) is 4. The number of piperidine rings is 1. The van der Waals surface area contributed by atoms with Gasteiger partial charge in [0.2, 0.25) is 0 Å². The van der Waals surface area contributed by atoms with E-state index in [0.29, 0.717) is 17.9 Å². The molecule has 2 N–H and O–H groups in total. The molecule has 0 aliphatic carbocycles. The third-order valence-electron chi connectivity index (χ3n) is 4.43. The summed E-state index contributed by atoms with van der Waals surface area (Å²) in [5.41, 5.74) is 2.34. The standard InChI is InChI=1S/C19H29N3O3/c1-14-11-16(19(24)21-8-7-20-3)12-15(2)18(14)25-13-17(23)22-9-5-4-6-10-22/h11-12,20H,4-10,13H2,1-3H3,(H,21,24). The van der Waals surface area contributed by atoms with Crippen molar-refractivity contribution < 1.29 is 14.3 Å². The zero-order valence-corrected chi connectivity index (χ0v) is 15.5. The number of likely N-dealkylation sites (tertiary alicyclic amines) is 1. The van der Waals surface area contributed by atoms with E-state index < -0.39 is 0 Å². The van der Waals surface area contributed by atoms with Gasteiger partial charge in [0.05, 0.1) is 0 Å². The minimum Gasteiger partial charge on any atom is -0.483 e. The molecule has 0 atom stereocenters. The van der Waals surface area contributed by atoms with Gasteiger partial charge in [0.25, 0.3) is 11.8 Å². The molecule has 1 fully saturated rings. The molecular weight excluding hydrogens is 318 g/mol. The number of ether oxygens (including phenoxy) is 1. The van der Waals surface area contributed by atoms with Gasteiger partial charge in [-0.15, -0.1) is 0 Å². The third kappa shape index (κ3) is 5.46. The molecule has 1 saturated heterocycles. The second-order valence-electron chi connectivity index (χ2n) is 6.53. The number of benzene rings is 1. The van der Waals surface area contributed by atoms with Gasteiger partial charge in [-0.25, -0.2) is 0 Å². The summed E-state index contributed by atoms with van der Waals surface area (Å²) in [6.07, 6.45) is 3.34. The molecule has 25 heavy (non-hydrogen) atoms. The molecule has 138 valence electrons. The quantitative estimate of drug-likeness (QED) is 0.736. The smallest absolute Gasteiger partial charge is 0.260 e. The summed E-state index contributed by atoms with van der Waals surface area (Å²) in [5.74, 6) is 0.627. The Hall–Kier alpha value is -2.08. The fourth-order valence-corrected chi connectivity index (χ4v) is 3.08. The molecule has 1 aliphatic rings. The lowest BCUT2D eigenvalue weighted by Crippen LogP contribution is -2.38. The Labute approximate surface area is 149 Å². The summed E-state index contributed by atoms with van der Waals surface area (Å²) >= 11 is 0. The van der Waals surface area contributed by atoms with E-state index in [4.69, 9.17) is 4.74 Å². The van der Waals surface area contributed by atoms with E-state index in [2.05, 4.69) is 10.6 Å². The number of nitrogens with one attached hydrogen (secondary N) is 2. The summed E-state index contributed by atoms with van der Waals surface area (Å²) in [6, 6.07) is 3.62. The number of aryl methyl sites for hydroxylation is 2. The minimum absolute atomic E-state index is 0.0346. The Morgan fingerprint density at radius 2 is 1.72 bits per heavy atom. The van der Waals surface area contributed by atoms with Gasteiger partial charge in [-0.05, 0) is 63.4 Å². The molecule has 6 heteroatoms. The Balaban J connectivity index is 1.97. The van der Waals surface area contributed by atoms with Crippen LogP contribution in [-0.4, -0.2) is 56.5 Å². The summed E-state index contributed by atoms with van der Waals surface area (Å²) in [4.78, 5) is 26.3. The van der Waals surface area contributed by atoms with Crippen LogP contribution in [0.3, 0.4) is 0 Å². The fourth-order valence-electron chi connectivity index (χ4n) is 3.08. The highest BCUT2D eigenvalue weighted by molar-refractivity contribution is 5.94. The van der Waals surface area contributed by atoms with Crippen molar-refractivity contribution in [1.82, 2.24) is 15.5 Å². The molecule has 6 nitrogen and oxygen atoms in total. The van der Waals surface area contributed by atoms with E-state index in [1.165, 1.54) is 6.42 Å². The van der Waals surface area contributed by atoms with Crippen LogP contribution >= 0.6 is 0 Å². The summed E-state index contributed by atoms with van der Waals surface area (Å²) < 4.78 is 5.78. The average molecular weight is 347 g/mol. The molecular formula is C19H29N3O3. The van der Waals surface area contributed by atoms with Gasteiger partial charge < -0.3 is 20.3 Å². The van der Waals surface area contributed by atoms with Crippen molar-refractivity contribution in [2.24, 2.45) is 0 Å². The SMILES string of the molecule is CNCCNC(=O)c1cc(C)c(OCC(=O)N2CCCCC2)c(C)c1. The largest absolute Gasteiger partial charge is 0.483 e. The van der Waals surface area contributed by atoms with Gasteiger partial charge in [-0.1, -0.05) is 0 Å². The van der Waals surface area contributed by atoms with Crippen LogP contribution in [0.4, 0.5) is 0 Å². The van der Waals surface area contributed by atoms with Crippen molar-refractivity contribution >= 4 is 11.8 Å². The molecule has 2 amide bonds. The minimum atomic E-state index is -0.0996. The molecule has 1 aromatic rings. The molecule has 0 unspecified atom stereocenters. The number of hydrogen-bond donors (Lipinski definition) is 2. The lowest BCUT2D eigenvalue weighted by molar-refractivity contribution is -0.134. The van der Waals surface area contributed by atoms with Crippen LogP contribution in [0.5, 0.6) is 5.75 Å². The fraction of sp³-hybridized carbons (Fsp3) is 0.579. The van der Waals surface area contributed by atoms with Crippen molar-refractivity contribution in [2.75, 3.05) is 39.8 Å². The summed E-state index contributed by atoms with van der Waals surface area (Å²) in [7, 11) is 1.85. The number of carbonyl (C=O) groups excluding carboxylic acids is 2. The first kappa shape index (κ1) is 19.2. The van der Waals surface area contributed by atoms with Crippen molar-refractivity contribution in [2.45, 2.75) is 33.1 Å². The van der Waals surface area contributed by atoms with Crippen LogP contribution < -0.4 is 15.4 Å². The van der Waals surface area contributed by atoms with Crippen LogP contribution in [0, 0.1) is 13.8 Å². The Kier molecular flexibility index (Phi) is 7.25. The van der Waals surface area contributed by atoms with Gasteiger partial charge in [-0.3, -0.25) is 9.59 Å². The predicted octanol–water partition coefficient (Wildman–Crippen LogP) is 1.64. The molecule has 2 rings (SSSR count). The van der Waals surface area contributed by atoms with Crippen molar-refractivity contribution in [1.29, 1.82) is 0 Å². The van der Waals surface area contributed by atoms with Gasteiger partial charge in [0.1, 0.15) is 5.75 Å². The van der Waals surface area contributed by atoms with E-state index in [1.54, 1.807) is 0 Å².